The Hall–Kier alpha value is -2.20. The molecule has 0 radical (unpaired) electrons. The van der Waals surface area contributed by atoms with Crippen molar-refractivity contribution in [2.75, 3.05) is 6.79 Å². The molecule has 2 aromatic rings. The van der Waals surface area contributed by atoms with Crippen LogP contribution in [0.1, 0.15) is 10.4 Å². The first-order valence-corrected chi connectivity index (χ1v) is 5.96. The highest BCUT2D eigenvalue weighted by Crippen LogP contribution is 2.37. The van der Waals surface area contributed by atoms with Crippen LogP contribution in [-0.4, -0.2) is 13.1 Å². The summed E-state index contributed by atoms with van der Waals surface area (Å²) in [7, 11) is 0. The Kier molecular flexibility index (Phi) is 3.01. The van der Waals surface area contributed by atoms with Gasteiger partial charge < -0.3 is 14.2 Å². The van der Waals surface area contributed by atoms with E-state index in [1.165, 1.54) is 0 Å². The second kappa shape index (κ2) is 4.82. The van der Waals surface area contributed by atoms with Crippen molar-refractivity contribution in [2.24, 2.45) is 0 Å². The molecule has 0 N–H and O–H groups in total. The highest BCUT2D eigenvalue weighted by molar-refractivity contribution is 6.30. The van der Waals surface area contributed by atoms with Crippen LogP contribution in [0.4, 0.5) is 0 Å². The highest BCUT2D eigenvalue weighted by Gasteiger charge is 2.14. The van der Waals surface area contributed by atoms with Crippen LogP contribution >= 0.6 is 11.6 Å². The van der Waals surface area contributed by atoms with Crippen molar-refractivity contribution in [3.63, 3.8) is 0 Å². The molecule has 0 amide bonds. The van der Waals surface area contributed by atoms with Crippen LogP contribution in [0.25, 0.3) is 0 Å². The van der Waals surface area contributed by atoms with E-state index in [4.69, 9.17) is 25.8 Å². The Balaban J connectivity index is 1.91. The van der Waals surface area contributed by atoms with Crippen LogP contribution in [0.2, 0.25) is 5.02 Å². The Bertz CT molecular complexity index is 639. The standard InChI is InChI=1S/C14H9ClO4/c15-10-1-3-12(9(5-10)7-16)19-11-2-4-13-14(6-11)18-8-17-13/h1-7H,8H2. The summed E-state index contributed by atoms with van der Waals surface area (Å²) in [5.41, 5.74) is 0.394. The van der Waals surface area contributed by atoms with Crippen molar-refractivity contribution < 1.29 is 19.0 Å². The fourth-order valence-electron chi connectivity index (χ4n) is 1.77. The van der Waals surface area contributed by atoms with Gasteiger partial charge in [0, 0.05) is 11.1 Å². The third kappa shape index (κ3) is 2.35. The zero-order chi connectivity index (χ0) is 13.2. The Morgan fingerprint density at radius 1 is 1.11 bits per heavy atom. The van der Waals surface area contributed by atoms with Gasteiger partial charge in [0.05, 0.1) is 5.56 Å². The molecule has 0 aromatic heterocycles. The maximum atomic E-state index is 11.0. The number of rotatable bonds is 3. The minimum atomic E-state index is 0.208. The number of hydrogen-bond acceptors (Lipinski definition) is 4. The minimum Gasteiger partial charge on any atom is -0.456 e. The van der Waals surface area contributed by atoms with Gasteiger partial charge in [0.1, 0.15) is 11.5 Å². The SMILES string of the molecule is O=Cc1cc(Cl)ccc1Oc1ccc2c(c1)OCO2. The smallest absolute Gasteiger partial charge is 0.231 e. The molecule has 5 heteroatoms. The zero-order valence-electron chi connectivity index (χ0n) is 9.76. The number of hydrogen-bond donors (Lipinski definition) is 0. The van der Waals surface area contributed by atoms with E-state index in [1.54, 1.807) is 36.4 Å². The monoisotopic (exact) mass is 276 g/mol. The van der Waals surface area contributed by atoms with Gasteiger partial charge in [-0.05, 0) is 30.3 Å². The molecule has 3 rings (SSSR count). The summed E-state index contributed by atoms with van der Waals surface area (Å²) in [6.07, 6.45) is 0.703. The van der Waals surface area contributed by atoms with Crippen LogP contribution in [-0.2, 0) is 0 Å². The normalized spacial score (nSPS) is 12.3. The second-order valence-corrected chi connectivity index (χ2v) is 4.35. The predicted octanol–water partition coefficient (Wildman–Crippen LogP) is 3.67. The van der Waals surface area contributed by atoms with E-state index in [1.807, 2.05) is 0 Å². The van der Waals surface area contributed by atoms with Gasteiger partial charge in [0.15, 0.2) is 17.8 Å². The zero-order valence-corrected chi connectivity index (χ0v) is 10.5. The van der Waals surface area contributed by atoms with Gasteiger partial charge in [0.2, 0.25) is 6.79 Å². The molecule has 0 bridgehead atoms. The maximum Gasteiger partial charge on any atom is 0.231 e. The lowest BCUT2D eigenvalue weighted by molar-refractivity contribution is 0.112. The fraction of sp³-hybridized carbons (Fsp3) is 0.0714. The number of aldehydes is 1. The first-order valence-electron chi connectivity index (χ1n) is 5.58. The molecule has 0 saturated heterocycles. The number of carbonyl (C=O) groups excluding carboxylic acids is 1. The molecule has 0 atom stereocenters. The fourth-order valence-corrected chi connectivity index (χ4v) is 1.95. The summed E-state index contributed by atoms with van der Waals surface area (Å²) in [4.78, 5) is 11.0. The molecule has 19 heavy (non-hydrogen) atoms. The molecule has 0 spiro atoms. The maximum absolute atomic E-state index is 11.0. The van der Waals surface area contributed by atoms with E-state index in [0.29, 0.717) is 39.9 Å². The number of carbonyl (C=O) groups is 1. The molecule has 96 valence electrons. The second-order valence-electron chi connectivity index (χ2n) is 3.92. The Morgan fingerprint density at radius 3 is 2.79 bits per heavy atom. The molecule has 1 heterocycles. The van der Waals surface area contributed by atoms with Gasteiger partial charge in [-0.3, -0.25) is 4.79 Å². The molecule has 1 aliphatic rings. The molecule has 1 aliphatic heterocycles. The van der Waals surface area contributed by atoms with Gasteiger partial charge >= 0.3 is 0 Å². The quantitative estimate of drug-likeness (QED) is 0.802. The molecule has 0 aliphatic carbocycles. The van der Waals surface area contributed by atoms with Gasteiger partial charge in [-0.2, -0.15) is 0 Å². The van der Waals surface area contributed by atoms with Gasteiger partial charge in [-0.1, -0.05) is 11.6 Å². The molecule has 0 fully saturated rings. The number of benzene rings is 2. The van der Waals surface area contributed by atoms with Crippen LogP contribution in [0.5, 0.6) is 23.0 Å². The predicted molar refractivity (Wildman–Crippen MR) is 69.5 cm³/mol. The van der Waals surface area contributed by atoms with E-state index < -0.39 is 0 Å². The van der Waals surface area contributed by atoms with E-state index >= 15 is 0 Å². The van der Waals surface area contributed by atoms with E-state index in [2.05, 4.69) is 0 Å². The first-order chi connectivity index (χ1) is 9.26. The number of halogens is 1. The Morgan fingerprint density at radius 2 is 1.95 bits per heavy atom. The third-order valence-corrected chi connectivity index (χ3v) is 2.91. The highest BCUT2D eigenvalue weighted by atomic mass is 35.5. The van der Waals surface area contributed by atoms with E-state index in [9.17, 15) is 4.79 Å². The molecule has 0 unspecified atom stereocenters. The summed E-state index contributed by atoms with van der Waals surface area (Å²) in [5, 5.41) is 0.486. The number of fused-ring (bicyclic) bond motifs is 1. The van der Waals surface area contributed by atoms with Crippen LogP contribution in [0, 0.1) is 0 Å². The van der Waals surface area contributed by atoms with Crippen LogP contribution in [0.15, 0.2) is 36.4 Å². The molecule has 0 saturated carbocycles. The average Bonchev–Trinajstić information content (AvgIpc) is 2.88. The lowest BCUT2D eigenvalue weighted by Crippen LogP contribution is -1.93. The number of ether oxygens (including phenoxy) is 3. The summed E-state index contributed by atoms with van der Waals surface area (Å²) in [5.74, 6) is 2.31. The molecule has 2 aromatic carbocycles. The lowest BCUT2D eigenvalue weighted by Gasteiger charge is -2.08. The van der Waals surface area contributed by atoms with E-state index in [-0.39, 0.29) is 6.79 Å². The van der Waals surface area contributed by atoms with Crippen molar-refractivity contribution >= 4 is 17.9 Å². The van der Waals surface area contributed by atoms with Crippen molar-refractivity contribution in [3.8, 4) is 23.0 Å². The minimum absolute atomic E-state index is 0.208. The van der Waals surface area contributed by atoms with Crippen molar-refractivity contribution in [1.82, 2.24) is 0 Å². The lowest BCUT2D eigenvalue weighted by atomic mass is 10.2. The van der Waals surface area contributed by atoms with Crippen LogP contribution in [0.3, 0.4) is 0 Å². The summed E-state index contributed by atoms with van der Waals surface area (Å²) >= 11 is 5.82. The third-order valence-electron chi connectivity index (χ3n) is 2.67. The molecular formula is C14H9ClO4. The van der Waals surface area contributed by atoms with Gasteiger partial charge in [-0.25, -0.2) is 0 Å². The van der Waals surface area contributed by atoms with Gasteiger partial charge in [0.25, 0.3) is 0 Å². The topological polar surface area (TPSA) is 44.8 Å². The van der Waals surface area contributed by atoms with Gasteiger partial charge in [-0.15, -0.1) is 0 Å². The van der Waals surface area contributed by atoms with Crippen molar-refractivity contribution in [1.29, 1.82) is 0 Å². The average molecular weight is 277 g/mol. The van der Waals surface area contributed by atoms with Crippen molar-refractivity contribution in [2.45, 2.75) is 0 Å². The molecular weight excluding hydrogens is 268 g/mol. The van der Waals surface area contributed by atoms with E-state index in [0.717, 1.165) is 0 Å². The summed E-state index contributed by atoms with van der Waals surface area (Å²) in [6, 6.07) is 10.1. The first kappa shape index (κ1) is 11.9. The summed E-state index contributed by atoms with van der Waals surface area (Å²) in [6.45, 7) is 0.208. The Labute approximate surface area is 114 Å². The van der Waals surface area contributed by atoms with Crippen molar-refractivity contribution in [3.05, 3.63) is 47.0 Å². The molecule has 4 nitrogen and oxygen atoms in total. The summed E-state index contributed by atoms with van der Waals surface area (Å²) < 4.78 is 16.1. The van der Waals surface area contributed by atoms with Crippen LogP contribution < -0.4 is 14.2 Å². The largest absolute Gasteiger partial charge is 0.456 e.